The minimum atomic E-state index is -0.962. The van der Waals surface area contributed by atoms with Gasteiger partial charge in [-0.1, -0.05) is 0 Å². The van der Waals surface area contributed by atoms with Crippen LogP contribution in [0.25, 0.3) is 11.0 Å². The van der Waals surface area contributed by atoms with Crippen molar-refractivity contribution in [2.45, 2.75) is 32.9 Å². The number of morpholine rings is 1. The summed E-state index contributed by atoms with van der Waals surface area (Å²) < 4.78 is 12.5. The van der Waals surface area contributed by atoms with Crippen molar-refractivity contribution in [3.05, 3.63) is 48.3 Å². The van der Waals surface area contributed by atoms with E-state index in [9.17, 15) is 9.59 Å². The van der Waals surface area contributed by atoms with E-state index < -0.39 is 18.0 Å². The Morgan fingerprint density at radius 2 is 1.81 bits per heavy atom. The molecule has 1 atom stereocenters. The van der Waals surface area contributed by atoms with Gasteiger partial charge in [0.15, 0.2) is 11.8 Å². The number of ether oxygens (including phenoxy) is 2. The molecular weight excluding hydrogens is 410 g/mol. The van der Waals surface area contributed by atoms with Crippen LogP contribution in [0.2, 0.25) is 0 Å². The zero-order valence-corrected chi connectivity index (χ0v) is 18.4. The molecular formula is C23H27N5O4. The topological polar surface area (TPSA) is 98.6 Å². The van der Waals surface area contributed by atoms with Crippen LogP contribution >= 0.6 is 0 Å². The minimum Gasteiger partial charge on any atom is -0.449 e. The van der Waals surface area contributed by atoms with E-state index in [-0.39, 0.29) is 11.6 Å². The van der Waals surface area contributed by atoms with Gasteiger partial charge in [-0.15, -0.1) is 0 Å². The molecule has 1 N–H and O–H groups in total. The maximum absolute atomic E-state index is 12.5. The van der Waals surface area contributed by atoms with Crippen LogP contribution in [0, 0.1) is 0 Å². The standard InChI is InChI=1S/C23H27N5O4/c1-15(2)28-21-17(14-25-28)12-18(13-24-21)23(30)32-16(3)22(29)26-19-4-6-20(7-5-19)27-8-10-31-11-9-27/h4-7,12-16H,8-11H2,1-3H3,(H,26,29). The molecule has 1 saturated heterocycles. The lowest BCUT2D eigenvalue weighted by molar-refractivity contribution is -0.123. The normalized spacial score (nSPS) is 15.1. The molecule has 1 aliphatic heterocycles. The quantitative estimate of drug-likeness (QED) is 0.592. The summed E-state index contributed by atoms with van der Waals surface area (Å²) in [6, 6.07) is 9.41. The number of hydrogen-bond acceptors (Lipinski definition) is 7. The maximum Gasteiger partial charge on any atom is 0.340 e. The smallest absolute Gasteiger partial charge is 0.340 e. The fourth-order valence-corrected chi connectivity index (χ4v) is 3.53. The molecule has 1 aromatic carbocycles. The van der Waals surface area contributed by atoms with Crippen LogP contribution in [-0.4, -0.2) is 59.0 Å². The molecule has 0 saturated carbocycles. The number of hydrogen-bond donors (Lipinski definition) is 1. The molecule has 1 aliphatic rings. The van der Waals surface area contributed by atoms with Crippen LogP contribution < -0.4 is 10.2 Å². The molecule has 2 aromatic heterocycles. The van der Waals surface area contributed by atoms with E-state index in [1.165, 1.54) is 13.1 Å². The van der Waals surface area contributed by atoms with E-state index in [1.807, 2.05) is 38.1 Å². The Balaban J connectivity index is 1.35. The molecule has 1 fully saturated rings. The lowest BCUT2D eigenvalue weighted by Gasteiger charge is -2.28. The van der Waals surface area contributed by atoms with Crippen LogP contribution in [-0.2, 0) is 14.3 Å². The second-order valence-electron chi connectivity index (χ2n) is 8.00. The van der Waals surface area contributed by atoms with Gasteiger partial charge in [-0.25, -0.2) is 14.5 Å². The van der Waals surface area contributed by atoms with Gasteiger partial charge in [0.2, 0.25) is 0 Å². The lowest BCUT2D eigenvalue weighted by Crippen LogP contribution is -2.36. The van der Waals surface area contributed by atoms with E-state index >= 15 is 0 Å². The van der Waals surface area contributed by atoms with Crippen molar-refractivity contribution >= 4 is 34.3 Å². The number of pyridine rings is 1. The first-order valence-electron chi connectivity index (χ1n) is 10.7. The monoisotopic (exact) mass is 437 g/mol. The number of aromatic nitrogens is 3. The first kappa shape index (κ1) is 21.8. The van der Waals surface area contributed by atoms with Gasteiger partial charge in [-0.3, -0.25) is 4.79 Å². The number of nitrogens with one attached hydrogen (secondary N) is 1. The molecule has 32 heavy (non-hydrogen) atoms. The summed E-state index contributed by atoms with van der Waals surface area (Å²) in [4.78, 5) is 31.6. The van der Waals surface area contributed by atoms with Crippen LogP contribution in [0.3, 0.4) is 0 Å². The Morgan fingerprint density at radius 1 is 1.09 bits per heavy atom. The highest BCUT2D eigenvalue weighted by atomic mass is 16.5. The van der Waals surface area contributed by atoms with E-state index in [4.69, 9.17) is 9.47 Å². The van der Waals surface area contributed by atoms with Crippen molar-refractivity contribution in [1.82, 2.24) is 14.8 Å². The molecule has 3 heterocycles. The zero-order valence-electron chi connectivity index (χ0n) is 18.4. The highest BCUT2D eigenvalue weighted by Gasteiger charge is 2.20. The van der Waals surface area contributed by atoms with Crippen LogP contribution in [0.5, 0.6) is 0 Å². The number of anilines is 2. The van der Waals surface area contributed by atoms with Gasteiger partial charge < -0.3 is 19.7 Å². The third-order valence-corrected chi connectivity index (χ3v) is 5.32. The minimum absolute atomic E-state index is 0.157. The van der Waals surface area contributed by atoms with Crippen LogP contribution in [0.15, 0.2) is 42.7 Å². The average Bonchev–Trinajstić information content (AvgIpc) is 3.23. The van der Waals surface area contributed by atoms with Crippen LogP contribution in [0.1, 0.15) is 37.2 Å². The molecule has 1 unspecified atom stereocenters. The van der Waals surface area contributed by atoms with Gasteiger partial charge in [0.25, 0.3) is 5.91 Å². The van der Waals surface area contributed by atoms with E-state index in [2.05, 4.69) is 20.3 Å². The Kier molecular flexibility index (Phi) is 6.36. The lowest BCUT2D eigenvalue weighted by atomic mass is 10.2. The van der Waals surface area contributed by atoms with Gasteiger partial charge in [-0.2, -0.15) is 5.10 Å². The molecule has 9 nitrogen and oxygen atoms in total. The van der Waals surface area contributed by atoms with Crippen molar-refractivity contribution in [3.8, 4) is 0 Å². The summed E-state index contributed by atoms with van der Waals surface area (Å²) in [5.41, 5.74) is 2.69. The SMILES string of the molecule is CC(OC(=O)c1cnc2c(cnn2C(C)C)c1)C(=O)Nc1ccc(N2CCOCC2)cc1. The summed E-state index contributed by atoms with van der Waals surface area (Å²) >= 11 is 0. The molecule has 3 aromatic rings. The Bertz CT molecular complexity index is 1100. The Hall–Kier alpha value is -3.46. The van der Waals surface area contributed by atoms with E-state index in [1.54, 1.807) is 16.9 Å². The highest BCUT2D eigenvalue weighted by molar-refractivity contribution is 5.98. The number of nitrogens with zero attached hydrogens (tertiary/aromatic N) is 4. The molecule has 0 bridgehead atoms. The summed E-state index contributed by atoms with van der Waals surface area (Å²) in [6.45, 7) is 8.67. The molecule has 168 valence electrons. The largest absolute Gasteiger partial charge is 0.449 e. The van der Waals surface area contributed by atoms with E-state index in [0.29, 0.717) is 24.5 Å². The fraction of sp³-hybridized carbons (Fsp3) is 0.391. The van der Waals surface area contributed by atoms with Crippen molar-refractivity contribution in [3.63, 3.8) is 0 Å². The van der Waals surface area contributed by atoms with Crippen molar-refractivity contribution in [2.24, 2.45) is 0 Å². The van der Waals surface area contributed by atoms with Gasteiger partial charge in [0, 0.05) is 42.1 Å². The third-order valence-electron chi connectivity index (χ3n) is 5.32. The second kappa shape index (κ2) is 9.35. The van der Waals surface area contributed by atoms with Gasteiger partial charge in [-0.05, 0) is 51.1 Å². The number of benzene rings is 1. The number of fused-ring (bicyclic) bond motifs is 1. The average molecular weight is 438 g/mol. The number of esters is 1. The Morgan fingerprint density at radius 3 is 2.50 bits per heavy atom. The van der Waals surface area contributed by atoms with Gasteiger partial charge >= 0.3 is 5.97 Å². The molecule has 0 spiro atoms. The van der Waals surface area contributed by atoms with Crippen molar-refractivity contribution in [1.29, 1.82) is 0 Å². The van der Waals surface area contributed by atoms with Crippen molar-refractivity contribution < 1.29 is 19.1 Å². The van der Waals surface area contributed by atoms with Gasteiger partial charge in [0.1, 0.15) is 0 Å². The number of carbonyl (C=O) groups excluding carboxylic acids is 2. The molecule has 1 amide bonds. The fourth-order valence-electron chi connectivity index (χ4n) is 3.53. The van der Waals surface area contributed by atoms with Crippen molar-refractivity contribution in [2.75, 3.05) is 36.5 Å². The molecule has 0 radical (unpaired) electrons. The Labute approximate surface area is 186 Å². The summed E-state index contributed by atoms with van der Waals surface area (Å²) in [5.74, 6) is -1.01. The number of rotatable bonds is 6. The number of amides is 1. The summed E-state index contributed by atoms with van der Waals surface area (Å²) in [7, 11) is 0. The number of carbonyl (C=O) groups is 2. The predicted molar refractivity (Wildman–Crippen MR) is 121 cm³/mol. The molecule has 9 heteroatoms. The predicted octanol–water partition coefficient (Wildman–Crippen LogP) is 3.03. The first-order chi connectivity index (χ1) is 15.4. The second-order valence-corrected chi connectivity index (χ2v) is 8.00. The third kappa shape index (κ3) is 4.72. The summed E-state index contributed by atoms with van der Waals surface area (Å²) in [5, 5.41) is 7.82. The molecule has 0 aliphatic carbocycles. The van der Waals surface area contributed by atoms with Crippen LogP contribution in [0.4, 0.5) is 11.4 Å². The highest BCUT2D eigenvalue weighted by Crippen LogP contribution is 2.20. The van der Waals surface area contributed by atoms with E-state index in [0.717, 1.165) is 24.2 Å². The zero-order chi connectivity index (χ0) is 22.7. The first-order valence-corrected chi connectivity index (χ1v) is 10.7. The van der Waals surface area contributed by atoms with Gasteiger partial charge in [0.05, 0.1) is 25.0 Å². The summed E-state index contributed by atoms with van der Waals surface area (Å²) in [6.07, 6.45) is 2.14. The maximum atomic E-state index is 12.5. The molecule has 4 rings (SSSR count).